The minimum Gasteiger partial charge on any atom is -0.488 e. The topological polar surface area (TPSA) is 51.2 Å². The van der Waals surface area contributed by atoms with Crippen LogP contribution in [-0.4, -0.2) is 17.0 Å². The Hall–Kier alpha value is -2.66. The molecular weight excluding hydrogens is 344 g/mol. The largest absolute Gasteiger partial charge is 0.488 e. The van der Waals surface area contributed by atoms with Gasteiger partial charge in [-0.2, -0.15) is 0 Å². The summed E-state index contributed by atoms with van der Waals surface area (Å²) in [5.41, 5.74) is 1.66. The normalized spacial score (nSPS) is 14.9. The highest BCUT2D eigenvalue weighted by Crippen LogP contribution is 2.29. The van der Waals surface area contributed by atoms with Crippen molar-refractivity contribution in [3.63, 3.8) is 0 Å². The molecule has 1 amide bonds. The molecule has 3 aromatic rings. The maximum absolute atomic E-state index is 12.3. The maximum Gasteiger partial charge on any atom is 0.248 e. The second kappa shape index (κ2) is 7.70. The van der Waals surface area contributed by atoms with Crippen LogP contribution in [0.15, 0.2) is 54.6 Å². The van der Waals surface area contributed by atoms with Gasteiger partial charge >= 0.3 is 0 Å². The second-order valence-electron chi connectivity index (χ2n) is 6.36. The molecule has 132 valence electrons. The van der Waals surface area contributed by atoms with E-state index in [-0.39, 0.29) is 12.0 Å². The van der Waals surface area contributed by atoms with E-state index in [1.807, 2.05) is 48.5 Å². The fourth-order valence-corrected chi connectivity index (χ4v) is 4.01. The Morgan fingerprint density at radius 1 is 1.12 bits per heavy atom. The molecule has 0 radical (unpaired) electrons. The van der Waals surface area contributed by atoms with Crippen LogP contribution in [0.25, 0.3) is 16.3 Å². The van der Waals surface area contributed by atoms with Crippen LogP contribution < -0.4 is 10.1 Å². The van der Waals surface area contributed by atoms with Crippen LogP contribution in [0.2, 0.25) is 0 Å². The summed E-state index contributed by atoms with van der Waals surface area (Å²) in [6.07, 6.45) is 8.12. The van der Waals surface area contributed by atoms with E-state index in [0.717, 1.165) is 33.8 Å². The zero-order valence-corrected chi connectivity index (χ0v) is 15.2. The molecule has 0 saturated heterocycles. The zero-order valence-electron chi connectivity index (χ0n) is 14.4. The van der Waals surface area contributed by atoms with E-state index in [4.69, 9.17) is 4.74 Å². The van der Waals surface area contributed by atoms with Crippen LogP contribution in [0.1, 0.15) is 30.7 Å². The van der Waals surface area contributed by atoms with Gasteiger partial charge in [0.25, 0.3) is 0 Å². The number of rotatable bonds is 5. The van der Waals surface area contributed by atoms with Crippen LogP contribution in [0.4, 0.5) is 5.69 Å². The number of benzene rings is 2. The van der Waals surface area contributed by atoms with Crippen molar-refractivity contribution in [1.82, 2.24) is 4.98 Å². The number of carbonyl (C=O) groups excluding carboxylic acids is 1. The Morgan fingerprint density at radius 3 is 2.73 bits per heavy atom. The van der Waals surface area contributed by atoms with E-state index in [9.17, 15) is 4.79 Å². The minimum absolute atomic E-state index is 0.188. The Labute approximate surface area is 156 Å². The van der Waals surface area contributed by atoms with Gasteiger partial charge in [-0.05, 0) is 56.0 Å². The number of hydrogen-bond donors (Lipinski definition) is 1. The molecule has 0 aliphatic heterocycles. The number of aromatic nitrogens is 1. The first-order valence-corrected chi connectivity index (χ1v) is 9.70. The zero-order chi connectivity index (χ0) is 17.8. The molecule has 1 aliphatic carbocycles. The van der Waals surface area contributed by atoms with Gasteiger partial charge < -0.3 is 10.1 Å². The highest BCUT2D eigenvalue weighted by Gasteiger charge is 2.18. The van der Waals surface area contributed by atoms with E-state index in [0.29, 0.717) is 5.69 Å². The van der Waals surface area contributed by atoms with Gasteiger partial charge in [0.2, 0.25) is 5.91 Å². The molecule has 1 aromatic heterocycles. The lowest BCUT2D eigenvalue weighted by Crippen LogP contribution is -2.14. The number of anilines is 1. The van der Waals surface area contributed by atoms with Gasteiger partial charge in [-0.1, -0.05) is 24.3 Å². The van der Waals surface area contributed by atoms with Crippen molar-refractivity contribution in [2.75, 3.05) is 5.32 Å². The van der Waals surface area contributed by atoms with Gasteiger partial charge in [-0.3, -0.25) is 4.79 Å². The number of hydrogen-bond acceptors (Lipinski definition) is 4. The lowest BCUT2D eigenvalue weighted by molar-refractivity contribution is -0.111. The molecule has 0 spiro atoms. The Kier molecular flexibility index (Phi) is 4.97. The van der Waals surface area contributed by atoms with Crippen molar-refractivity contribution < 1.29 is 9.53 Å². The number of fused-ring (bicyclic) bond motifs is 1. The van der Waals surface area contributed by atoms with E-state index in [2.05, 4.69) is 10.3 Å². The molecule has 1 fully saturated rings. The predicted molar refractivity (Wildman–Crippen MR) is 107 cm³/mol. The standard InChI is InChI=1S/C21H20N2O2S/c24-20(13-14-21-23-17-10-4-6-12-19(17)26-21)22-16-9-3-5-11-18(16)25-15-7-1-2-8-15/h3-6,9-15H,1-2,7-8H2,(H,22,24)/b14-13+. The third kappa shape index (κ3) is 3.94. The first-order valence-electron chi connectivity index (χ1n) is 8.88. The van der Waals surface area contributed by atoms with Crippen LogP contribution in [-0.2, 0) is 4.79 Å². The molecular formula is C21H20N2O2S. The van der Waals surface area contributed by atoms with Crippen molar-refractivity contribution in [3.8, 4) is 5.75 Å². The molecule has 1 saturated carbocycles. The number of nitrogens with one attached hydrogen (secondary N) is 1. The van der Waals surface area contributed by atoms with Gasteiger partial charge in [0.05, 0.1) is 22.0 Å². The number of carbonyl (C=O) groups is 1. The van der Waals surface area contributed by atoms with E-state index in [1.54, 1.807) is 17.4 Å². The van der Waals surface area contributed by atoms with Crippen molar-refractivity contribution in [2.45, 2.75) is 31.8 Å². The van der Waals surface area contributed by atoms with Crippen LogP contribution in [0.5, 0.6) is 5.75 Å². The highest BCUT2D eigenvalue weighted by molar-refractivity contribution is 7.19. The third-order valence-corrected chi connectivity index (χ3v) is 5.43. The van der Waals surface area contributed by atoms with Gasteiger partial charge in [0, 0.05) is 6.08 Å². The average molecular weight is 364 g/mol. The molecule has 0 bridgehead atoms. The smallest absolute Gasteiger partial charge is 0.248 e. The molecule has 2 aromatic carbocycles. The number of nitrogens with zero attached hydrogens (tertiary/aromatic N) is 1. The fraction of sp³-hybridized carbons (Fsp3) is 0.238. The fourth-order valence-electron chi connectivity index (χ4n) is 3.14. The van der Waals surface area contributed by atoms with Gasteiger partial charge in [-0.15, -0.1) is 11.3 Å². The summed E-state index contributed by atoms with van der Waals surface area (Å²) in [7, 11) is 0. The highest BCUT2D eigenvalue weighted by atomic mass is 32.1. The van der Waals surface area contributed by atoms with Crippen LogP contribution in [0, 0.1) is 0 Å². The summed E-state index contributed by atoms with van der Waals surface area (Å²) in [6.45, 7) is 0. The number of ether oxygens (including phenoxy) is 1. The lowest BCUT2D eigenvalue weighted by atomic mass is 10.2. The second-order valence-corrected chi connectivity index (χ2v) is 7.43. The predicted octanol–water partition coefficient (Wildman–Crippen LogP) is 5.27. The molecule has 1 aliphatic rings. The molecule has 0 atom stereocenters. The molecule has 4 rings (SSSR count). The maximum atomic E-state index is 12.3. The summed E-state index contributed by atoms with van der Waals surface area (Å²) in [4.78, 5) is 16.8. The molecule has 1 heterocycles. The minimum atomic E-state index is -0.188. The Morgan fingerprint density at radius 2 is 1.88 bits per heavy atom. The molecule has 0 unspecified atom stereocenters. The summed E-state index contributed by atoms with van der Waals surface area (Å²) >= 11 is 1.57. The lowest BCUT2D eigenvalue weighted by Gasteiger charge is -2.16. The Balaban J connectivity index is 1.44. The van der Waals surface area contributed by atoms with Crippen LogP contribution >= 0.6 is 11.3 Å². The van der Waals surface area contributed by atoms with Gasteiger partial charge in [-0.25, -0.2) is 4.98 Å². The third-order valence-electron chi connectivity index (χ3n) is 4.43. The number of para-hydroxylation sites is 3. The molecule has 26 heavy (non-hydrogen) atoms. The number of amides is 1. The first kappa shape index (κ1) is 16.8. The monoisotopic (exact) mass is 364 g/mol. The summed E-state index contributed by atoms with van der Waals surface area (Å²) < 4.78 is 7.17. The van der Waals surface area contributed by atoms with Crippen molar-refractivity contribution in [3.05, 3.63) is 59.6 Å². The van der Waals surface area contributed by atoms with E-state index in [1.165, 1.54) is 18.9 Å². The van der Waals surface area contributed by atoms with Crippen molar-refractivity contribution in [1.29, 1.82) is 0 Å². The van der Waals surface area contributed by atoms with E-state index >= 15 is 0 Å². The molecule has 1 N–H and O–H groups in total. The van der Waals surface area contributed by atoms with Crippen LogP contribution in [0.3, 0.4) is 0 Å². The van der Waals surface area contributed by atoms with Gasteiger partial charge in [0.1, 0.15) is 10.8 Å². The van der Waals surface area contributed by atoms with Gasteiger partial charge in [0.15, 0.2) is 0 Å². The molecule has 5 heteroatoms. The SMILES string of the molecule is O=C(/C=C/c1nc2ccccc2s1)Nc1ccccc1OC1CCCC1. The van der Waals surface area contributed by atoms with Crippen molar-refractivity contribution >= 4 is 39.2 Å². The quantitative estimate of drug-likeness (QED) is 0.628. The summed E-state index contributed by atoms with van der Waals surface area (Å²) in [6, 6.07) is 15.6. The summed E-state index contributed by atoms with van der Waals surface area (Å²) in [5.74, 6) is 0.549. The first-order chi connectivity index (χ1) is 12.8. The number of thiazole rings is 1. The van der Waals surface area contributed by atoms with Crippen molar-refractivity contribution in [2.24, 2.45) is 0 Å². The average Bonchev–Trinajstić information content (AvgIpc) is 3.30. The molecule has 4 nitrogen and oxygen atoms in total. The summed E-state index contributed by atoms with van der Waals surface area (Å²) in [5, 5.41) is 3.73. The van der Waals surface area contributed by atoms with E-state index < -0.39 is 0 Å². The Bertz CT molecular complexity index is 909.